The van der Waals surface area contributed by atoms with Gasteiger partial charge in [0.25, 0.3) is 5.91 Å². The molecule has 0 radical (unpaired) electrons. The van der Waals surface area contributed by atoms with E-state index in [2.05, 4.69) is 10.3 Å². The van der Waals surface area contributed by atoms with E-state index in [1.807, 2.05) is 34.9 Å². The lowest BCUT2D eigenvalue weighted by atomic mass is 10.2. The highest BCUT2D eigenvalue weighted by molar-refractivity contribution is 5.95. The van der Waals surface area contributed by atoms with E-state index >= 15 is 0 Å². The number of methoxy groups -OCH3 is 1. The summed E-state index contributed by atoms with van der Waals surface area (Å²) in [6.45, 7) is 1.65. The number of hydrogen-bond acceptors (Lipinski definition) is 5. The predicted octanol–water partition coefficient (Wildman–Crippen LogP) is 1.74. The highest BCUT2D eigenvalue weighted by Gasteiger charge is 2.19. The number of imidazole rings is 1. The number of carbonyl (C=O) groups is 1. The zero-order valence-corrected chi connectivity index (χ0v) is 16.5. The maximum atomic E-state index is 12.9. The van der Waals surface area contributed by atoms with Crippen LogP contribution in [-0.4, -0.2) is 33.7 Å². The highest BCUT2D eigenvalue weighted by Crippen LogP contribution is 2.15. The molecule has 0 aliphatic heterocycles. The van der Waals surface area contributed by atoms with Crippen molar-refractivity contribution in [1.29, 1.82) is 0 Å². The zero-order chi connectivity index (χ0) is 20.6. The summed E-state index contributed by atoms with van der Waals surface area (Å²) in [4.78, 5) is 29.4. The van der Waals surface area contributed by atoms with Crippen molar-refractivity contribution >= 4 is 5.91 Å². The van der Waals surface area contributed by atoms with Crippen LogP contribution in [-0.2, 0) is 31.5 Å². The molecule has 0 atom stereocenters. The summed E-state index contributed by atoms with van der Waals surface area (Å²) in [5.74, 6) is -0.364. The van der Waals surface area contributed by atoms with Crippen molar-refractivity contribution < 1.29 is 14.3 Å². The van der Waals surface area contributed by atoms with Gasteiger partial charge in [-0.3, -0.25) is 9.59 Å². The summed E-state index contributed by atoms with van der Waals surface area (Å²) in [5, 5.41) is 2.84. The Labute approximate surface area is 168 Å². The van der Waals surface area contributed by atoms with Crippen LogP contribution in [0.3, 0.4) is 0 Å². The number of aromatic nitrogens is 3. The van der Waals surface area contributed by atoms with Crippen molar-refractivity contribution in [3.05, 3.63) is 82.3 Å². The Bertz CT molecular complexity index is 1010. The van der Waals surface area contributed by atoms with Gasteiger partial charge in [-0.15, -0.1) is 0 Å². The number of hydrogen-bond donors (Lipinski definition) is 1. The molecule has 0 fully saturated rings. The Kier molecular flexibility index (Phi) is 6.80. The van der Waals surface area contributed by atoms with Gasteiger partial charge >= 0.3 is 0 Å². The molecule has 8 nitrogen and oxygen atoms in total. The number of aryl methyl sites for hydroxylation is 1. The first kappa shape index (κ1) is 20.3. The second-order valence-electron chi connectivity index (χ2n) is 6.50. The van der Waals surface area contributed by atoms with Gasteiger partial charge in [0.15, 0.2) is 11.4 Å². The van der Waals surface area contributed by atoms with Crippen LogP contribution < -0.4 is 15.5 Å². The van der Waals surface area contributed by atoms with E-state index in [1.54, 1.807) is 37.4 Å². The fourth-order valence-electron chi connectivity index (χ4n) is 2.88. The van der Waals surface area contributed by atoms with Crippen LogP contribution in [0.15, 0.2) is 59.9 Å². The second kappa shape index (κ2) is 9.70. The van der Waals surface area contributed by atoms with Gasteiger partial charge in [0.1, 0.15) is 6.61 Å². The van der Waals surface area contributed by atoms with Crippen molar-refractivity contribution in [1.82, 2.24) is 19.4 Å². The number of nitrogens with one attached hydrogen (secondary N) is 1. The maximum absolute atomic E-state index is 12.9. The third-order valence-electron chi connectivity index (χ3n) is 4.45. The molecule has 0 aliphatic carbocycles. The van der Waals surface area contributed by atoms with E-state index in [0.29, 0.717) is 13.2 Å². The van der Waals surface area contributed by atoms with Gasteiger partial charge in [0.2, 0.25) is 5.43 Å². The molecule has 2 aromatic heterocycles. The number of rotatable bonds is 9. The maximum Gasteiger partial charge on any atom is 0.272 e. The molecule has 1 N–H and O–H groups in total. The Hall–Kier alpha value is -3.39. The average molecular weight is 396 g/mol. The zero-order valence-electron chi connectivity index (χ0n) is 16.5. The first-order valence-electron chi connectivity index (χ1n) is 9.22. The SMILES string of the molecule is COCCn1cncc1CNC(=O)c1c(OCc2ccccc2)c(=O)ccn1C. The van der Waals surface area contributed by atoms with E-state index in [0.717, 1.165) is 11.3 Å². The Morgan fingerprint density at radius 1 is 1.21 bits per heavy atom. The third-order valence-corrected chi connectivity index (χ3v) is 4.45. The molecular weight excluding hydrogens is 372 g/mol. The molecule has 1 aromatic carbocycles. The molecule has 3 rings (SSSR count). The van der Waals surface area contributed by atoms with Crippen LogP contribution in [0.4, 0.5) is 0 Å². The molecule has 2 heterocycles. The van der Waals surface area contributed by atoms with Crippen LogP contribution in [0.1, 0.15) is 21.7 Å². The minimum atomic E-state index is -0.396. The number of benzene rings is 1. The number of ether oxygens (including phenoxy) is 2. The number of amides is 1. The van der Waals surface area contributed by atoms with Crippen LogP contribution >= 0.6 is 0 Å². The van der Waals surface area contributed by atoms with Gasteiger partial charge in [0.05, 0.1) is 25.2 Å². The molecule has 0 saturated carbocycles. The number of carbonyl (C=O) groups excluding carboxylic acids is 1. The fraction of sp³-hybridized carbons (Fsp3) is 0.286. The quantitative estimate of drug-likeness (QED) is 0.595. The molecule has 0 unspecified atom stereocenters. The van der Waals surface area contributed by atoms with Crippen molar-refractivity contribution in [2.75, 3.05) is 13.7 Å². The van der Waals surface area contributed by atoms with Gasteiger partial charge in [0, 0.05) is 39.2 Å². The molecular formula is C21H24N4O4. The molecule has 8 heteroatoms. The van der Waals surface area contributed by atoms with Gasteiger partial charge < -0.3 is 23.9 Å². The largest absolute Gasteiger partial charge is 0.483 e. The van der Waals surface area contributed by atoms with E-state index < -0.39 is 5.91 Å². The summed E-state index contributed by atoms with van der Waals surface area (Å²) in [7, 11) is 3.33. The lowest BCUT2D eigenvalue weighted by Gasteiger charge is -2.15. The Morgan fingerprint density at radius 2 is 2.00 bits per heavy atom. The first-order valence-corrected chi connectivity index (χ1v) is 9.22. The molecule has 0 saturated heterocycles. The summed E-state index contributed by atoms with van der Waals surface area (Å²) < 4.78 is 14.3. The van der Waals surface area contributed by atoms with E-state index in [1.165, 1.54) is 6.07 Å². The smallest absolute Gasteiger partial charge is 0.272 e. The minimum absolute atomic E-state index is 0.0317. The van der Waals surface area contributed by atoms with Crippen molar-refractivity contribution in [2.24, 2.45) is 7.05 Å². The summed E-state index contributed by atoms with van der Waals surface area (Å²) in [5.41, 5.74) is 1.58. The monoisotopic (exact) mass is 396 g/mol. The van der Waals surface area contributed by atoms with Crippen LogP contribution in [0, 0.1) is 0 Å². The van der Waals surface area contributed by atoms with Gasteiger partial charge in [-0.25, -0.2) is 4.98 Å². The van der Waals surface area contributed by atoms with E-state index in [4.69, 9.17) is 9.47 Å². The van der Waals surface area contributed by atoms with Crippen LogP contribution in [0.25, 0.3) is 0 Å². The predicted molar refractivity (Wildman–Crippen MR) is 108 cm³/mol. The molecule has 1 amide bonds. The minimum Gasteiger partial charge on any atom is -0.483 e. The molecule has 0 bridgehead atoms. The highest BCUT2D eigenvalue weighted by atomic mass is 16.5. The number of nitrogens with zero attached hydrogens (tertiary/aromatic N) is 3. The van der Waals surface area contributed by atoms with Gasteiger partial charge in [-0.1, -0.05) is 30.3 Å². The molecule has 0 aliphatic rings. The van der Waals surface area contributed by atoms with Crippen LogP contribution in [0.5, 0.6) is 5.75 Å². The topological polar surface area (TPSA) is 87.4 Å². The van der Waals surface area contributed by atoms with Crippen LogP contribution in [0.2, 0.25) is 0 Å². The van der Waals surface area contributed by atoms with Gasteiger partial charge in [-0.05, 0) is 5.56 Å². The molecule has 0 spiro atoms. The fourth-order valence-corrected chi connectivity index (χ4v) is 2.88. The van der Waals surface area contributed by atoms with Crippen molar-refractivity contribution in [2.45, 2.75) is 19.7 Å². The molecule has 29 heavy (non-hydrogen) atoms. The standard InChI is InChI=1S/C21H24N4O4/c1-24-9-8-18(26)20(29-14-16-6-4-3-5-7-16)19(24)21(27)23-13-17-12-22-15-25(17)10-11-28-2/h3-9,12,15H,10-11,13-14H2,1-2H3,(H,23,27). The second-order valence-corrected chi connectivity index (χ2v) is 6.50. The summed E-state index contributed by atoms with van der Waals surface area (Å²) >= 11 is 0. The van der Waals surface area contributed by atoms with Crippen molar-refractivity contribution in [3.8, 4) is 5.75 Å². The van der Waals surface area contributed by atoms with E-state index in [-0.39, 0.29) is 30.0 Å². The normalized spacial score (nSPS) is 10.7. The molecule has 3 aromatic rings. The first-order chi connectivity index (χ1) is 14.1. The van der Waals surface area contributed by atoms with Gasteiger partial charge in [-0.2, -0.15) is 0 Å². The average Bonchev–Trinajstić information content (AvgIpc) is 3.19. The van der Waals surface area contributed by atoms with E-state index in [9.17, 15) is 9.59 Å². The Balaban J connectivity index is 1.75. The third kappa shape index (κ3) is 5.11. The Morgan fingerprint density at radius 3 is 2.76 bits per heavy atom. The van der Waals surface area contributed by atoms with Crippen molar-refractivity contribution in [3.63, 3.8) is 0 Å². The summed E-state index contributed by atoms with van der Waals surface area (Å²) in [6.07, 6.45) is 4.93. The lowest BCUT2D eigenvalue weighted by Crippen LogP contribution is -2.29. The molecule has 152 valence electrons. The lowest BCUT2D eigenvalue weighted by molar-refractivity contribution is 0.0935. The summed E-state index contributed by atoms with van der Waals surface area (Å²) in [6, 6.07) is 10.9. The number of pyridine rings is 1.